The van der Waals surface area contributed by atoms with Gasteiger partial charge in [-0.05, 0) is 18.2 Å². The number of rotatable bonds is 2. The number of Topliss-reactive ketones (excluding diaryl/α,β-unsaturated/α-hetero) is 2. The minimum absolute atomic E-state index is 0.0346. The lowest BCUT2D eigenvalue weighted by molar-refractivity contribution is -0.138. The Kier molecular flexibility index (Phi) is 3.89. The second-order valence-corrected chi connectivity index (χ2v) is 4.40. The number of carbonyl (C=O) groups excluding carboxylic acids is 2. The van der Waals surface area contributed by atoms with Crippen molar-refractivity contribution in [2.45, 2.75) is 12.6 Å². The van der Waals surface area contributed by atoms with Crippen LogP contribution in [-0.2, 0) is 15.7 Å². The number of hydrogen-bond acceptors (Lipinski definition) is 3. The van der Waals surface area contributed by atoms with Gasteiger partial charge in [0.2, 0.25) is 0 Å². The number of halogens is 4. The van der Waals surface area contributed by atoms with Crippen LogP contribution in [0.25, 0.3) is 0 Å². The fourth-order valence-electron chi connectivity index (χ4n) is 2.02. The molecular formula is C13H10F4O3. The zero-order chi connectivity index (χ0) is 14.9. The lowest BCUT2D eigenvalue weighted by Gasteiger charge is -2.21. The van der Waals surface area contributed by atoms with Gasteiger partial charge in [0, 0.05) is 12.0 Å². The Morgan fingerprint density at radius 1 is 1.30 bits per heavy atom. The first-order valence-corrected chi connectivity index (χ1v) is 5.82. The van der Waals surface area contributed by atoms with Gasteiger partial charge in [0.25, 0.3) is 0 Å². The summed E-state index contributed by atoms with van der Waals surface area (Å²) >= 11 is 0. The highest BCUT2D eigenvalue weighted by Crippen LogP contribution is 2.33. The fraction of sp³-hybridized carbons (Fsp3) is 0.385. The molecule has 108 valence electrons. The highest BCUT2D eigenvalue weighted by molar-refractivity contribution is 6.11. The molecule has 1 unspecified atom stereocenters. The number of alkyl halides is 3. The predicted molar refractivity (Wildman–Crippen MR) is 59.7 cm³/mol. The van der Waals surface area contributed by atoms with Crippen LogP contribution in [0.15, 0.2) is 18.2 Å². The molecule has 1 atom stereocenters. The summed E-state index contributed by atoms with van der Waals surface area (Å²) in [7, 11) is 0. The number of hydrogen-bond donors (Lipinski definition) is 0. The normalized spacial score (nSPS) is 20.0. The van der Waals surface area contributed by atoms with E-state index in [0.29, 0.717) is 18.2 Å². The van der Waals surface area contributed by atoms with Crippen LogP contribution in [0.5, 0.6) is 0 Å². The van der Waals surface area contributed by atoms with Crippen molar-refractivity contribution in [3.63, 3.8) is 0 Å². The quantitative estimate of drug-likeness (QED) is 0.478. The minimum atomic E-state index is -4.79. The van der Waals surface area contributed by atoms with Crippen molar-refractivity contribution >= 4 is 11.6 Å². The summed E-state index contributed by atoms with van der Waals surface area (Å²) < 4.78 is 56.5. The molecule has 0 saturated carbocycles. The Bertz CT molecular complexity index is 551. The molecule has 1 fully saturated rings. The number of benzene rings is 1. The van der Waals surface area contributed by atoms with Crippen LogP contribution in [0.4, 0.5) is 17.6 Å². The van der Waals surface area contributed by atoms with Gasteiger partial charge in [-0.15, -0.1) is 0 Å². The van der Waals surface area contributed by atoms with E-state index in [4.69, 9.17) is 4.74 Å². The van der Waals surface area contributed by atoms with E-state index in [9.17, 15) is 27.2 Å². The van der Waals surface area contributed by atoms with Gasteiger partial charge in [-0.2, -0.15) is 13.2 Å². The maximum atomic E-state index is 13.1. The molecule has 3 nitrogen and oxygen atoms in total. The Hall–Kier alpha value is -1.76. The monoisotopic (exact) mass is 290 g/mol. The van der Waals surface area contributed by atoms with Gasteiger partial charge in [0.05, 0.1) is 18.8 Å². The van der Waals surface area contributed by atoms with E-state index in [-0.39, 0.29) is 19.6 Å². The van der Waals surface area contributed by atoms with Crippen LogP contribution in [0.1, 0.15) is 22.3 Å². The van der Waals surface area contributed by atoms with Crippen molar-refractivity contribution in [3.05, 3.63) is 35.1 Å². The Morgan fingerprint density at radius 3 is 2.60 bits per heavy atom. The third-order valence-corrected chi connectivity index (χ3v) is 3.03. The predicted octanol–water partition coefficient (Wildman–Crippen LogP) is 2.63. The molecule has 2 rings (SSSR count). The van der Waals surface area contributed by atoms with E-state index in [1.807, 2.05) is 0 Å². The van der Waals surface area contributed by atoms with Gasteiger partial charge in [0.15, 0.2) is 5.78 Å². The summed E-state index contributed by atoms with van der Waals surface area (Å²) in [6.07, 6.45) is -4.83. The summed E-state index contributed by atoms with van der Waals surface area (Å²) in [5.74, 6) is -3.81. The van der Waals surface area contributed by atoms with Crippen molar-refractivity contribution in [3.8, 4) is 0 Å². The van der Waals surface area contributed by atoms with Crippen LogP contribution in [-0.4, -0.2) is 24.8 Å². The van der Waals surface area contributed by atoms with Crippen molar-refractivity contribution < 1.29 is 31.9 Å². The zero-order valence-corrected chi connectivity index (χ0v) is 10.2. The van der Waals surface area contributed by atoms with Gasteiger partial charge < -0.3 is 4.74 Å². The summed E-state index contributed by atoms with van der Waals surface area (Å²) in [5, 5.41) is 0. The Balaban J connectivity index is 2.43. The maximum absolute atomic E-state index is 13.1. The van der Waals surface area contributed by atoms with E-state index < -0.39 is 40.6 Å². The van der Waals surface area contributed by atoms with Crippen LogP contribution in [0, 0.1) is 11.7 Å². The first kappa shape index (κ1) is 14.6. The van der Waals surface area contributed by atoms with Gasteiger partial charge in [-0.1, -0.05) is 0 Å². The maximum Gasteiger partial charge on any atom is 0.417 e. The lowest BCUT2D eigenvalue weighted by atomic mass is 9.89. The molecule has 0 radical (unpaired) electrons. The highest BCUT2D eigenvalue weighted by atomic mass is 19.4. The number of carbonyl (C=O) groups is 2. The van der Waals surface area contributed by atoms with E-state index in [1.54, 1.807) is 0 Å². The number of ketones is 2. The molecule has 1 aliphatic rings. The third-order valence-electron chi connectivity index (χ3n) is 3.03. The van der Waals surface area contributed by atoms with Gasteiger partial charge >= 0.3 is 6.18 Å². The van der Waals surface area contributed by atoms with Crippen LogP contribution in [0.3, 0.4) is 0 Å². The van der Waals surface area contributed by atoms with Crippen molar-refractivity contribution in [2.75, 3.05) is 13.2 Å². The molecule has 0 bridgehead atoms. The zero-order valence-electron chi connectivity index (χ0n) is 10.2. The Labute approximate surface area is 111 Å². The molecule has 0 aliphatic carbocycles. The van der Waals surface area contributed by atoms with Gasteiger partial charge in [0.1, 0.15) is 17.5 Å². The smallest absolute Gasteiger partial charge is 0.380 e. The molecule has 7 heteroatoms. The van der Waals surface area contributed by atoms with Crippen molar-refractivity contribution in [1.29, 1.82) is 0 Å². The SMILES string of the molecule is O=C1CCOCC1C(=O)c1cc(F)ccc1C(F)(F)F. The van der Waals surface area contributed by atoms with Crippen molar-refractivity contribution in [1.82, 2.24) is 0 Å². The summed E-state index contributed by atoms with van der Waals surface area (Å²) in [4.78, 5) is 23.6. The van der Waals surface area contributed by atoms with Crippen LogP contribution >= 0.6 is 0 Å². The standard InChI is InChI=1S/C13H10F4O3/c14-7-1-2-10(13(15,16)17)8(5-7)12(19)9-6-20-4-3-11(9)18/h1-2,5,9H,3-4,6H2. The average Bonchev–Trinajstić information content (AvgIpc) is 2.37. The van der Waals surface area contributed by atoms with Crippen LogP contribution < -0.4 is 0 Å². The number of ether oxygens (including phenoxy) is 1. The first-order chi connectivity index (χ1) is 9.30. The minimum Gasteiger partial charge on any atom is -0.380 e. The highest BCUT2D eigenvalue weighted by Gasteiger charge is 2.39. The average molecular weight is 290 g/mol. The largest absolute Gasteiger partial charge is 0.417 e. The fourth-order valence-corrected chi connectivity index (χ4v) is 2.02. The van der Waals surface area contributed by atoms with Crippen molar-refractivity contribution in [2.24, 2.45) is 5.92 Å². The molecular weight excluding hydrogens is 280 g/mol. The van der Waals surface area contributed by atoms with E-state index in [1.165, 1.54) is 0 Å². The molecule has 1 aromatic rings. The molecule has 1 aliphatic heterocycles. The molecule has 0 N–H and O–H groups in total. The molecule has 0 amide bonds. The third kappa shape index (κ3) is 2.87. The summed E-state index contributed by atoms with van der Waals surface area (Å²) in [6.45, 7) is -0.136. The second kappa shape index (κ2) is 5.32. The van der Waals surface area contributed by atoms with Gasteiger partial charge in [-0.3, -0.25) is 9.59 Å². The Morgan fingerprint density at radius 2 is 2.00 bits per heavy atom. The van der Waals surface area contributed by atoms with E-state index in [0.717, 1.165) is 0 Å². The molecule has 0 spiro atoms. The van der Waals surface area contributed by atoms with Crippen LogP contribution in [0.2, 0.25) is 0 Å². The molecule has 1 aromatic carbocycles. The molecule has 20 heavy (non-hydrogen) atoms. The van der Waals surface area contributed by atoms with E-state index >= 15 is 0 Å². The lowest BCUT2D eigenvalue weighted by Crippen LogP contribution is -2.35. The summed E-state index contributed by atoms with van der Waals surface area (Å²) in [6, 6.07) is 1.63. The molecule has 0 aromatic heterocycles. The first-order valence-electron chi connectivity index (χ1n) is 5.82. The molecule has 1 heterocycles. The van der Waals surface area contributed by atoms with Gasteiger partial charge in [-0.25, -0.2) is 4.39 Å². The summed E-state index contributed by atoms with van der Waals surface area (Å²) in [5.41, 5.74) is -2.08. The molecule has 1 saturated heterocycles. The topological polar surface area (TPSA) is 43.4 Å². The van der Waals surface area contributed by atoms with E-state index in [2.05, 4.69) is 0 Å². The second-order valence-electron chi connectivity index (χ2n) is 4.40.